The third kappa shape index (κ3) is 3.26. The summed E-state index contributed by atoms with van der Waals surface area (Å²) in [7, 11) is 0. The van der Waals surface area contributed by atoms with Gasteiger partial charge in [0.15, 0.2) is 0 Å². The molecule has 0 unspecified atom stereocenters. The van der Waals surface area contributed by atoms with Crippen LogP contribution in [0.1, 0.15) is 42.3 Å². The number of nitrogens with zero attached hydrogens (tertiary/aromatic N) is 2. The highest BCUT2D eigenvalue weighted by atomic mass is 16.3. The van der Waals surface area contributed by atoms with Crippen LogP contribution in [-0.2, 0) is 13.1 Å². The van der Waals surface area contributed by atoms with Crippen molar-refractivity contribution in [3.8, 4) is 0 Å². The lowest BCUT2D eigenvalue weighted by atomic mass is 10.2. The zero-order valence-electron chi connectivity index (χ0n) is 12.4. The largest absolute Gasteiger partial charge is 0.463 e. The van der Waals surface area contributed by atoms with Gasteiger partial charge in [0.25, 0.3) is 0 Å². The fraction of sp³-hybridized carbons (Fsp3) is 0.533. The van der Waals surface area contributed by atoms with Gasteiger partial charge in [0.05, 0.1) is 25.1 Å². The molecule has 0 saturated heterocycles. The van der Waals surface area contributed by atoms with Crippen molar-refractivity contribution in [2.75, 3.05) is 0 Å². The van der Waals surface area contributed by atoms with Crippen molar-refractivity contribution in [2.45, 2.75) is 53.8 Å². The lowest BCUT2D eigenvalue weighted by molar-refractivity contribution is 0.424. The van der Waals surface area contributed by atoms with Crippen molar-refractivity contribution in [1.29, 1.82) is 0 Å². The summed E-state index contributed by atoms with van der Waals surface area (Å²) < 4.78 is 8.04. The van der Waals surface area contributed by atoms with Crippen molar-refractivity contribution in [2.24, 2.45) is 0 Å². The Morgan fingerprint density at radius 2 is 2.05 bits per heavy atom. The van der Waals surface area contributed by atoms with Crippen LogP contribution in [0.4, 0.5) is 0 Å². The molecule has 2 heterocycles. The Kier molecular flexibility index (Phi) is 4.10. The summed E-state index contributed by atoms with van der Waals surface area (Å²) in [6.45, 7) is 12.0. The summed E-state index contributed by atoms with van der Waals surface area (Å²) in [5, 5.41) is 3.38. The summed E-state index contributed by atoms with van der Waals surface area (Å²) in [5.41, 5.74) is 3.47. The number of hydrogen-bond acceptors (Lipinski definition) is 3. The maximum atomic E-state index is 5.92. The molecule has 0 spiro atoms. The van der Waals surface area contributed by atoms with Crippen LogP contribution >= 0.6 is 0 Å². The predicted molar refractivity (Wildman–Crippen MR) is 76.2 cm³/mol. The zero-order valence-corrected chi connectivity index (χ0v) is 12.4. The van der Waals surface area contributed by atoms with Gasteiger partial charge in [-0.25, -0.2) is 4.98 Å². The van der Waals surface area contributed by atoms with Gasteiger partial charge in [-0.15, -0.1) is 0 Å². The van der Waals surface area contributed by atoms with Gasteiger partial charge in [-0.1, -0.05) is 13.8 Å². The second kappa shape index (κ2) is 5.61. The monoisotopic (exact) mass is 261 g/mol. The van der Waals surface area contributed by atoms with Gasteiger partial charge in [0.2, 0.25) is 0 Å². The van der Waals surface area contributed by atoms with Crippen molar-refractivity contribution < 1.29 is 4.42 Å². The molecule has 1 N–H and O–H groups in total. The first-order valence-corrected chi connectivity index (χ1v) is 6.77. The van der Waals surface area contributed by atoms with E-state index in [0.717, 1.165) is 30.3 Å². The molecule has 2 aromatic heterocycles. The SMILES string of the molecule is Cc1cc(Cn2cnc(C)c2C)oc1CNC(C)C. The second-order valence-electron chi connectivity index (χ2n) is 5.40. The lowest BCUT2D eigenvalue weighted by Gasteiger charge is -2.06. The summed E-state index contributed by atoms with van der Waals surface area (Å²) in [4.78, 5) is 4.31. The summed E-state index contributed by atoms with van der Waals surface area (Å²) >= 11 is 0. The first kappa shape index (κ1) is 13.9. The molecule has 0 bridgehead atoms. The Hall–Kier alpha value is -1.55. The number of rotatable bonds is 5. The first-order chi connectivity index (χ1) is 8.97. The van der Waals surface area contributed by atoms with E-state index < -0.39 is 0 Å². The van der Waals surface area contributed by atoms with E-state index in [0.29, 0.717) is 6.04 Å². The average molecular weight is 261 g/mol. The number of hydrogen-bond donors (Lipinski definition) is 1. The molecule has 0 aromatic carbocycles. The van der Waals surface area contributed by atoms with E-state index in [1.807, 2.05) is 13.3 Å². The Balaban J connectivity index is 2.09. The van der Waals surface area contributed by atoms with Crippen LogP contribution in [0.3, 0.4) is 0 Å². The van der Waals surface area contributed by atoms with E-state index in [1.165, 1.54) is 11.3 Å². The molecule has 4 heteroatoms. The molecule has 0 fully saturated rings. The van der Waals surface area contributed by atoms with Gasteiger partial charge in [0.1, 0.15) is 11.5 Å². The minimum absolute atomic E-state index is 0.464. The lowest BCUT2D eigenvalue weighted by Crippen LogP contribution is -2.21. The highest BCUT2D eigenvalue weighted by molar-refractivity contribution is 5.21. The molecular formula is C15H23N3O. The van der Waals surface area contributed by atoms with Gasteiger partial charge < -0.3 is 14.3 Å². The molecular weight excluding hydrogens is 238 g/mol. The first-order valence-electron chi connectivity index (χ1n) is 6.77. The minimum atomic E-state index is 0.464. The highest BCUT2D eigenvalue weighted by Crippen LogP contribution is 2.17. The molecule has 2 aromatic rings. The van der Waals surface area contributed by atoms with Crippen LogP contribution in [-0.4, -0.2) is 15.6 Å². The zero-order chi connectivity index (χ0) is 14.0. The van der Waals surface area contributed by atoms with E-state index >= 15 is 0 Å². The standard InChI is InChI=1S/C15H23N3O/c1-10(2)16-7-15-11(3)6-14(19-15)8-18-9-17-12(4)13(18)5/h6,9-10,16H,7-8H2,1-5H3. The number of aromatic nitrogens is 2. The molecule has 0 amide bonds. The molecule has 0 saturated carbocycles. The molecule has 0 aliphatic carbocycles. The van der Waals surface area contributed by atoms with Crippen LogP contribution < -0.4 is 5.32 Å². The van der Waals surface area contributed by atoms with Crippen molar-refractivity contribution in [1.82, 2.24) is 14.9 Å². The predicted octanol–water partition coefficient (Wildman–Crippen LogP) is 2.95. The van der Waals surface area contributed by atoms with E-state index in [1.54, 1.807) is 0 Å². The number of furan rings is 1. The van der Waals surface area contributed by atoms with Crippen LogP contribution in [0.15, 0.2) is 16.8 Å². The Bertz CT molecular complexity index is 552. The fourth-order valence-electron chi connectivity index (χ4n) is 2.01. The topological polar surface area (TPSA) is 43.0 Å². The van der Waals surface area contributed by atoms with Gasteiger partial charge in [-0.05, 0) is 32.4 Å². The fourth-order valence-corrected chi connectivity index (χ4v) is 2.01. The molecule has 0 radical (unpaired) electrons. The van der Waals surface area contributed by atoms with Crippen LogP contribution in [0, 0.1) is 20.8 Å². The maximum Gasteiger partial charge on any atom is 0.124 e. The molecule has 0 atom stereocenters. The van der Waals surface area contributed by atoms with Gasteiger partial charge >= 0.3 is 0 Å². The van der Waals surface area contributed by atoms with Crippen molar-refractivity contribution in [3.05, 3.63) is 40.9 Å². The smallest absolute Gasteiger partial charge is 0.124 e. The van der Waals surface area contributed by atoms with Gasteiger partial charge in [-0.2, -0.15) is 0 Å². The van der Waals surface area contributed by atoms with Crippen LogP contribution in [0.25, 0.3) is 0 Å². The van der Waals surface area contributed by atoms with Crippen molar-refractivity contribution in [3.63, 3.8) is 0 Å². The third-order valence-corrected chi connectivity index (χ3v) is 3.41. The Labute approximate surface area is 114 Å². The summed E-state index contributed by atoms with van der Waals surface area (Å²) in [5.74, 6) is 2.01. The highest BCUT2D eigenvalue weighted by Gasteiger charge is 2.10. The van der Waals surface area contributed by atoms with E-state index in [9.17, 15) is 0 Å². The molecule has 19 heavy (non-hydrogen) atoms. The average Bonchev–Trinajstić information content (AvgIpc) is 2.84. The minimum Gasteiger partial charge on any atom is -0.463 e. The summed E-state index contributed by atoms with van der Waals surface area (Å²) in [6, 6.07) is 2.58. The molecule has 4 nitrogen and oxygen atoms in total. The Morgan fingerprint density at radius 3 is 2.63 bits per heavy atom. The maximum absolute atomic E-state index is 5.92. The van der Waals surface area contributed by atoms with Gasteiger partial charge in [0, 0.05) is 11.7 Å². The number of nitrogens with one attached hydrogen (secondary N) is 1. The Morgan fingerprint density at radius 1 is 1.32 bits per heavy atom. The number of aryl methyl sites for hydroxylation is 2. The van der Waals surface area contributed by atoms with Gasteiger partial charge in [-0.3, -0.25) is 0 Å². The third-order valence-electron chi connectivity index (χ3n) is 3.41. The van der Waals surface area contributed by atoms with Crippen LogP contribution in [0.5, 0.6) is 0 Å². The van der Waals surface area contributed by atoms with E-state index in [4.69, 9.17) is 4.42 Å². The molecule has 0 aliphatic rings. The van der Waals surface area contributed by atoms with E-state index in [-0.39, 0.29) is 0 Å². The second-order valence-corrected chi connectivity index (χ2v) is 5.40. The van der Waals surface area contributed by atoms with Crippen molar-refractivity contribution >= 4 is 0 Å². The van der Waals surface area contributed by atoms with E-state index in [2.05, 4.69) is 48.6 Å². The molecule has 2 rings (SSSR count). The number of imidazole rings is 1. The molecule has 104 valence electrons. The quantitative estimate of drug-likeness (QED) is 0.900. The van der Waals surface area contributed by atoms with Crippen LogP contribution in [0.2, 0.25) is 0 Å². The molecule has 0 aliphatic heterocycles. The summed E-state index contributed by atoms with van der Waals surface area (Å²) in [6.07, 6.45) is 1.87. The normalized spacial score (nSPS) is 11.5.